The molecule has 1 aromatic rings. The third kappa shape index (κ3) is 3.98. The molecule has 1 aromatic carbocycles. The van der Waals surface area contributed by atoms with Crippen molar-refractivity contribution in [3.05, 3.63) is 35.9 Å². The van der Waals surface area contributed by atoms with Crippen molar-refractivity contribution in [3.8, 4) is 0 Å². The van der Waals surface area contributed by atoms with Crippen LogP contribution in [-0.2, 0) is 34.9 Å². The topological polar surface area (TPSA) is 94.5 Å². The van der Waals surface area contributed by atoms with E-state index >= 15 is 0 Å². The third-order valence-electron chi connectivity index (χ3n) is 7.42. The summed E-state index contributed by atoms with van der Waals surface area (Å²) in [4.78, 5) is 32.2. The molecular formula is C24H35NO7Si. The molecule has 0 radical (unpaired) electrons. The number of amides is 1. The minimum absolute atomic E-state index is 0.0196. The lowest BCUT2D eigenvalue weighted by Gasteiger charge is -2.59. The average molecular weight is 478 g/mol. The fourth-order valence-electron chi connectivity index (χ4n) is 4.57. The van der Waals surface area contributed by atoms with Crippen LogP contribution >= 0.6 is 0 Å². The molecule has 1 saturated carbocycles. The number of ether oxygens (including phenoxy) is 2. The number of nitrogens with zero attached hydrogens (tertiary/aromatic N) is 1. The Kier molecular flexibility index (Phi) is 5.91. The standard InChI is InChI=1S/C24H35NO7Si/c1-22(2,3)33(6,7)32-18-17(27)19-21(31-23(4,5)30-19)24(20(18)28)13-16(26)25(24)29-14-15-11-9-8-10-12-15/h8-12,18-21,28H,13-14H2,1-7H3/t18-,19-,20-,21-,24-/m1/s1. The van der Waals surface area contributed by atoms with E-state index in [0.717, 1.165) is 5.56 Å². The molecule has 3 fully saturated rings. The summed E-state index contributed by atoms with van der Waals surface area (Å²) in [7, 11) is -2.44. The molecule has 2 saturated heterocycles. The predicted molar refractivity (Wildman–Crippen MR) is 122 cm³/mol. The second kappa shape index (κ2) is 7.96. The van der Waals surface area contributed by atoms with Gasteiger partial charge in [-0.1, -0.05) is 51.1 Å². The van der Waals surface area contributed by atoms with Gasteiger partial charge < -0.3 is 19.0 Å². The summed E-state index contributed by atoms with van der Waals surface area (Å²) in [5.41, 5.74) is -0.395. The number of hydrogen-bond acceptors (Lipinski definition) is 7. The van der Waals surface area contributed by atoms with Crippen molar-refractivity contribution in [2.24, 2.45) is 0 Å². The van der Waals surface area contributed by atoms with Crippen LogP contribution in [-0.4, -0.2) is 65.9 Å². The molecule has 3 aliphatic rings. The summed E-state index contributed by atoms with van der Waals surface area (Å²) in [6.07, 6.45) is -4.29. The van der Waals surface area contributed by atoms with Gasteiger partial charge >= 0.3 is 0 Å². The molecule has 8 nitrogen and oxygen atoms in total. The average Bonchev–Trinajstić information content (AvgIpc) is 3.04. The van der Waals surface area contributed by atoms with E-state index in [0.29, 0.717) is 0 Å². The second-order valence-electron chi connectivity index (χ2n) is 11.2. The van der Waals surface area contributed by atoms with Gasteiger partial charge in [0.25, 0.3) is 0 Å². The van der Waals surface area contributed by atoms with Gasteiger partial charge in [0.1, 0.15) is 30.5 Å². The van der Waals surface area contributed by atoms with Gasteiger partial charge in [0.15, 0.2) is 26.0 Å². The second-order valence-corrected chi connectivity index (χ2v) is 16.0. The zero-order chi connectivity index (χ0) is 24.4. The van der Waals surface area contributed by atoms with Crippen LogP contribution in [0.1, 0.15) is 46.6 Å². The van der Waals surface area contributed by atoms with Crippen molar-refractivity contribution < 1.29 is 33.4 Å². The van der Waals surface area contributed by atoms with Gasteiger partial charge in [-0.3, -0.25) is 14.4 Å². The Morgan fingerprint density at radius 2 is 1.79 bits per heavy atom. The summed E-state index contributed by atoms with van der Waals surface area (Å²) in [6, 6.07) is 9.45. The maximum Gasteiger partial charge on any atom is 0.249 e. The van der Waals surface area contributed by atoms with E-state index in [9.17, 15) is 14.7 Å². The number of Topliss-reactive ketones (excluding diaryl/α,β-unsaturated/α-hetero) is 1. The molecule has 0 aromatic heterocycles. The summed E-state index contributed by atoms with van der Waals surface area (Å²) in [6.45, 7) is 13.8. The van der Waals surface area contributed by atoms with Gasteiger partial charge in [-0.15, -0.1) is 0 Å². The Bertz CT molecular complexity index is 928. The van der Waals surface area contributed by atoms with Crippen LogP contribution in [0.3, 0.4) is 0 Å². The van der Waals surface area contributed by atoms with Gasteiger partial charge in [0, 0.05) is 0 Å². The van der Waals surface area contributed by atoms with Crippen LogP contribution in [0.15, 0.2) is 30.3 Å². The van der Waals surface area contributed by atoms with Crippen LogP contribution in [0.2, 0.25) is 18.1 Å². The number of rotatable bonds is 5. The molecule has 33 heavy (non-hydrogen) atoms. The molecule has 1 spiro atoms. The van der Waals surface area contributed by atoms with Crippen LogP contribution in [0.5, 0.6) is 0 Å². The lowest BCUT2D eigenvalue weighted by molar-refractivity contribution is -0.316. The first-order valence-corrected chi connectivity index (χ1v) is 14.4. The molecule has 182 valence electrons. The number of carbonyl (C=O) groups is 2. The van der Waals surface area contributed by atoms with Crippen molar-refractivity contribution in [3.63, 3.8) is 0 Å². The highest BCUT2D eigenvalue weighted by Crippen LogP contribution is 2.52. The van der Waals surface area contributed by atoms with Crippen LogP contribution in [0, 0.1) is 0 Å². The molecule has 5 atom stereocenters. The normalized spacial score (nSPS) is 33.9. The minimum atomic E-state index is -2.44. The Morgan fingerprint density at radius 3 is 2.36 bits per heavy atom. The van der Waals surface area contributed by atoms with E-state index in [1.165, 1.54) is 5.06 Å². The monoisotopic (exact) mass is 477 g/mol. The van der Waals surface area contributed by atoms with Gasteiger partial charge in [0.05, 0.1) is 6.42 Å². The lowest BCUT2D eigenvalue weighted by Crippen LogP contribution is -2.82. The summed E-state index contributed by atoms with van der Waals surface area (Å²) >= 11 is 0. The van der Waals surface area contributed by atoms with Crippen molar-refractivity contribution in [1.29, 1.82) is 0 Å². The minimum Gasteiger partial charge on any atom is -0.404 e. The Hall–Kier alpha value is -1.62. The smallest absolute Gasteiger partial charge is 0.249 e. The van der Waals surface area contributed by atoms with E-state index < -0.39 is 44.1 Å². The largest absolute Gasteiger partial charge is 0.404 e. The highest BCUT2D eigenvalue weighted by molar-refractivity contribution is 6.74. The van der Waals surface area contributed by atoms with Crippen LogP contribution in [0.4, 0.5) is 0 Å². The quantitative estimate of drug-likeness (QED) is 0.515. The Labute approximate surface area is 196 Å². The van der Waals surface area contributed by atoms with E-state index in [4.69, 9.17) is 18.7 Å². The van der Waals surface area contributed by atoms with Crippen molar-refractivity contribution in [1.82, 2.24) is 5.06 Å². The van der Waals surface area contributed by atoms with Gasteiger partial charge in [-0.2, -0.15) is 0 Å². The van der Waals surface area contributed by atoms with E-state index in [-0.39, 0.29) is 29.8 Å². The molecule has 1 N–H and O–H groups in total. The number of aliphatic hydroxyl groups is 1. The highest BCUT2D eigenvalue weighted by atomic mass is 28.4. The first kappa shape index (κ1) is 24.5. The van der Waals surface area contributed by atoms with Crippen LogP contribution in [0.25, 0.3) is 0 Å². The number of β-lactam (4-membered cyclic amide) rings is 1. The molecule has 1 aliphatic carbocycles. The van der Waals surface area contributed by atoms with Gasteiger partial charge in [0.2, 0.25) is 5.91 Å². The maximum atomic E-state index is 13.5. The summed E-state index contributed by atoms with van der Waals surface area (Å²) in [5.74, 6) is -1.68. The van der Waals surface area contributed by atoms with Gasteiger partial charge in [-0.05, 0) is 37.5 Å². The fraction of sp³-hybridized carbons (Fsp3) is 0.667. The molecule has 9 heteroatoms. The zero-order valence-electron chi connectivity index (χ0n) is 20.5. The van der Waals surface area contributed by atoms with E-state index in [2.05, 4.69) is 20.8 Å². The number of hydroxylamine groups is 2. The number of benzene rings is 1. The Morgan fingerprint density at radius 1 is 1.15 bits per heavy atom. The molecule has 0 unspecified atom stereocenters. The van der Waals surface area contributed by atoms with Crippen molar-refractivity contribution in [2.75, 3.05) is 0 Å². The Balaban J connectivity index is 1.68. The summed E-state index contributed by atoms with van der Waals surface area (Å²) < 4.78 is 18.5. The van der Waals surface area contributed by atoms with Crippen molar-refractivity contribution >= 4 is 20.0 Å². The highest BCUT2D eigenvalue weighted by Gasteiger charge is 2.74. The number of aliphatic hydroxyl groups excluding tert-OH is 1. The zero-order valence-corrected chi connectivity index (χ0v) is 21.5. The maximum absolute atomic E-state index is 13.5. The van der Waals surface area contributed by atoms with Crippen molar-refractivity contribution in [2.45, 2.75) is 102 Å². The number of ketones is 1. The predicted octanol–water partition coefficient (Wildman–Crippen LogP) is 2.94. The van der Waals surface area contributed by atoms with Gasteiger partial charge in [-0.25, -0.2) is 5.06 Å². The molecule has 4 rings (SSSR count). The number of carbonyl (C=O) groups excluding carboxylic acids is 2. The van der Waals surface area contributed by atoms with E-state index in [1.54, 1.807) is 13.8 Å². The number of fused-ring (bicyclic) bond motifs is 2. The molecule has 2 heterocycles. The SMILES string of the molecule is CC1(C)O[C@@H]2C(=O)[C@@H](O[Si](C)(C)C(C)(C)C)[C@@H](O)[C@]3(CC(=O)N3OCc3ccccc3)[C@@H]2O1. The van der Waals surface area contributed by atoms with Crippen LogP contribution < -0.4 is 0 Å². The first-order valence-electron chi connectivity index (χ1n) is 11.4. The lowest BCUT2D eigenvalue weighted by atomic mass is 9.67. The third-order valence-corrected chi connectivity index (χ3v) is 11.9. The molecule has 1 amide bonds. The number of hydrogen-bond donors (Lipinski definition) is 1. The molecule has 2 aliphatic heterocycles. The van der Waals surface area contributed by atoms with E-state index in [1.807, 2.05) is 43.4 Å². The summed E-state index contributed by atoms with van der Waals surface area (Å²) in [5, 5.41) is 12.6. The molecule has 0 bridgehead atoms. The fourth-order valence-corrected chi connectivity index (χ4v) is 5.81. The first-order chi connectivity index (χ1) is 15.2. The molecular weight excluding hydrogens is 442 g/mol.